The Labute approximate surface area is 98.1 Å². The van der Waals surface area contributed by atoms with Crippen molar-refractivity contribution >= 4 is 21.6 Å². The maximum absolute atomic E-state index is 10.2. The van der Waals surface area contributed by atoms with Crippen molar-refractivity contribution in [2.24, 2.45) is 0 Å². The Kier molecular flexibility index (Phi) is 2.63. The van der Waals surface area contributed by atoms with Crippen LogP contribution in [0.3, 0.4) is 0 Å². The second kappa shape index (κ2) is 4.13. The number of rotatable bonds is 2. The van der Waals surface area contributed by atoms with Crippen molar-refractivity contribution in [2.45, 2.75) is 25.0 Å². The molecule has 16 heavy (non-hydrogen) atoms. The molecule has 2 aromatic rings. The smallest absolute Gasteiger partial charge is 0.124 e. The molecule has 2 heterocycles. The van der Waals surface area contributed by atoms with Gasteiger partial charge in [0.1, 0.15) is 11.1 Å². The Hall–Kier alpha value is -0.970. The molecule has 1 unspecified atom stereocenters. The van der Waals surface area contributed by atoms with Crippen molar-refractivity contribution in [1.29, 1.82) is 0 Å². The van der Waals surface area contributed by atoms with Crippen LogP contribution in [0.2, 0.25) is 0 Å². The molecule has 0 bridgehead atoms. The van der Waals surface area contributed by atoms with Gasteiger partial charge in [0.15, 0.2) is 0 Å². The quantitative estimate of drug-likeness (QED) is 0.836. The summed E-state index contributed by atoms with van der Waals surface area (Å²) in [5.74, 6) is 0. The van der Waals surface area contributed by atoms with Gasteiger partial charge in [0, 0.05) is 6.04 Å². The fraction of sp³-hybridized carbons (Fsp3) is 0.417. The summed E-state index contributed by atoms with van der Waals surface area (Å²) in [6.45, 7) is 1.01. The molecular formula is C12H14N2OS. The lowest BCUT2D eigenvalue weighted by Gasteiger charge is -2.15. The highest BCUT2D eigenvalue weighted by atomic mass is 32.1. The van der Waals surface area contributed by atoms with Crippen LogP contribution in [0.25, 0.3) is 10.2 Å². The van der Waals surface area contributed by atoms with E-state index < -0.39 is 6.10 Å². The van der Waals surface area contributed by atoms with E-state index in [-0.39, 0.29) is 6.04 Å². The molecule has 0 saturated carbocycles. The Morgan fingerprint density at radius 1 is 1.44 bits per heavy atom. The van der Waals surface area contributed by atoms with E-state index in [1.165, 1.54) is 0 Å². The van der Waals surface area contributed by atoms with Crippen LogP contribution in [-0.2, 0) is 0 Å². The lowest BCUT2D eigenvalue weighted by Crippen LogP contribution is -2.28. The largest absolute Gasteiger partial charge is 0.384 e. The van der Waals surface area contributed by atoms with E-state index in [1.807, 2.05) is 24.3 Å². The zero-order chi connectivity index (χ0) is 11.0. The summed E-state index contributed by atoms with van der Waals surface area (Å²) in [6.07, 6.45) is 1.73. The molecule has 0 aliphatic carbocycles. The molecule has 0 spiro atoms. The van der Waals surface area contributed by atoms with Crippen LogP contribution in [0.15, 0.2) is 24.3 Å². The average molecular weight is 234 g/mol. The summed E-state index contributed by atoms with van der Waals surface area (Å²) in [6, 6.07) is 8.20. The molecule has 2 N–H and O–H groups in total. The molecule has 84 valence electrons. The van der Waals surface area contributed by atoms with Crippen molar-refractivity contribution in [3.05, 3.63) is 29.3 Å². The highest BCUT2D eigenvalue weighted by molar-refractivity contribution is 7.18. The third kappa shape index (κ3) is 1.73. The third-order valence-electron chi connectivity index (χ3n) is 3.04. The molecule has 3 nitrogen and oxygen atoms in total. The topological polar surface area (TPSA) is 45.2 Å². The fourth-order valence-electron chi connectivity index (χ4n) is 2.17. The second-order valence-corrected chi connectivity index (χ2v) is 5.23. The van der Waals surface area contributed by atoms with Crippen molar-refractivity contribution in [1.82, 2.24) is 10.3 Å². The van der Waals surface area contributed by atoms with Crippen LogP contribution in [0, 0.1) is 0 Å². The monoisotopic (exact) mass is 234 g/mol. The van der Waals surface area contributed by atoms with Gasteiger partial charge in [0.2, 0.25) is 0 Å². The molecule has 1 aromatic heterocycles. The molecular weight excluding hydrogens is 220 g/mol. The van der Waals surface area contributed by atoms with E-state index in [9.17, 15) is 5.11 Å². The first kappa shape index (κ1) is 10.2. The van der Waals surface area contributed by atoms with Crippen LogP contribution in [0.1, 0.15) is 24.0 Å². The Bertz CT molecular complexity index is 457. The van der Waals surface area contributed by atoms with Crippen LogP contribution in [0.5, 0.6) is 0 Å². The molecule has 3 rings (SSSR count). The Morgan fingerprint density at radius 2 is 2.31 bits per heavy atom. The Morgan fingerprint density at radius 3 is 3.06 bits per heavy atom. The maximum Gasteiger partial charge on any atom is 0.124 e. The van der Waals surface area contributed by atoms with E-state index in [4.69, 9.17) is 0 Å². The normalized spacial score (nSPS) is 22.7. The molecule has 4 heteroatoms. The summed E-state index contributed by atoms with van der Waals surface area (Å²) < 4.78 is 1.15. The summed E-state index contributed by atoms with van der Waals surface area (Å²) in [4.78, 5) is 4.49. The molecule has 2 atom stereocenters. The third-order valence-corrected chi connectivity index (χ3v) is 4.15. The number of nitrogens with one attached hydrogen (secondary N) is 1. The standard InChI is InChI=1S/C12H14N2OS/c15-11(9-5-3-7-13-9)12-14-8-4-1-2-6-10(8)16-12/h1-2,4,6,9,11,13,15H,3,5,7H2/t9?,11-/m1/s1. The van der Waals surface area contributed by atoms with Crippen LogP contribution in [0.4, 0.5) is 0 Å². The van der Waals surface area contributed by atoms with E-state index in [2.05, 4.69) is 10.3 Å². The SMILES string of the molecule is O[C@@H](c1nc2ccccc2s1)C1CCCN1. The van der Waals surface area contributed by atoms with Gasteiger partial charge in [-0.15, -0.1) is 11.3 Å². The van der Waals surface area contributed by atoms with E-state index >= 15 is 0 Å². The number of nitrogens with zero attached hydrogens (tertiary/aromatic N) is 1. The average Bonchev–Trinajstić information content (AvgIpc) is 2.97. The maximum atomic E-state index is 10.2. The number of thiazole rings is 1. The minimum atomic E-state index is -0.458. The van der Waals surface area contributed by atoms with Gasteiger partial charge < -0.3 is 10.4 Å². The number of hydrogen-bond acceptors (Lipinski definition) is 4. The van der Waals surface area contributed by atoms with E-state index in [1.54, 1.807) is 11.3 Å². The minimum Gasteiger partial charge on any atom is -0.384 e. The summed E-state index contributed by atoms with van der Waals surface area (Å²) in [7, 11) is 0. The summed E-state index contributed by atoms with van der Waals surface area (Å²) in [5.41, 5.74) is 0.986. The lowest BCUT2D eigenvalue weighted by atomic mass is 10.1. The van der Waals surface area contributed by atoms with Gasteiger partial charge in [-0.05, 0) is 31.5 Å². The highest BCUT2D eigenvalue weighted by Gasteiger charge is 2.26. The minimum absolute atomic E-state index is 0.181. The van der Waals surface area contributed by atoms with Crippen LogP contribution in [-0.4, -0.2) is 22.7 Å². The molecule has 0 amide bonds. The number of hydrogen-bond donors (Lipinski definition) is 2. The van der Waals surface area contributed by atoms with E-state index in [0.29, 0.717) is 0 Å². The number of aliphatic hydroxyl groups is 1. The van der Waals surface area contributed by atoms with Gasteiger partial charge in [-0.2, -0.15) is 0 Å². The van der Waals surface area contributed by atoms with Crippen LogP contribution >= 0.6 is 11.3 Å². The lowest BCUT2D eigenvalue weighted by molar-refractivity contribution is 0.137. The van der Waals surface area contributed by atoms with Gasteiger partial charge in [-0.25, -0.2) is 4.98 Å². The summed E-state index contributed by atoms with van der Waals surface area (Å²) in [5, 5.41) is 14.4. The first-order valence-electron chi connectivity index (χ1n) is 5.61. The fourth-order valence-corrected chi connectivity index (χ4v) is 3.19. The second-order valence-electron chi connectivity index (χ2n) is 4.17. The number of para-hydroxylation sites is 1. The number of aromatic nitrogens is 1. The first-order valence-corrected chi connectivity index (χ1v) is 6.43. The molecule has 1 aliphatic rings. The van der Waals surface area contributed by atoms with E-state index in [0.717, 1.165) is 34.6 Å². The van der Waals surface area contributed by atoms with Gasteiger partial charge in [-0.3, -0.25) is 0 Å². The number of fused-ring (bicyclic) bond motifs is 1. The highest BCUT2D eigenvalue weighted by Crippen LogP contribution is 2.30. The van der Waals surface area contributed by atoms with Gasteiger partial charge in [-0.1, -0.05) is 12.1 Å². The first-order chi connectivity index (χ1) is 7.84. The van der Waals surface area contributed by atoms with Crippen LogP contribution < -0.4 is 5.32 Å². The van der Waals surface area contributed by atoms with Crippen molar-refractivity contribution in [3.8, 4) is 0 Å². The number of benzene rings is 1. The molecule has 1 fully saturated rings. The van der Waals surface area contributed by atoms with Gasteiger partial charge >= 0.3 is 0 Å². The predicted octanol–water partition coefficient (Wildman–Crippen LogP) is 2.08. The predicted molar refractivity (Wildman–Crippen MR) is 65.6 cm³/mol. The van der Waals surface area contributed by atoms with Gasteiger partial charge in [0.25, 0.3) is 0 Å². The summed E-state index contributed by atoms with van der Waals surface area (Å²) >= 11 is 1.59. The van der Waals surface area contributed by atoms with Crippen molar-refractivity contribution in [3.63, 3.8) is 0 Å². The van der Waals surface area contributed by atoms with Crippen molar-refractivity contribution in [2.75, 3.05) is 6.54 Å². The zero-order valence-corrected chi connectivity index (χ0v) is 9.70. The van der Waals surface area contributed by atoms with Crippen molar-refractivity contribution < 1.29 is 5.11 Å². The number of aliphatic hydroxyl groups excluding tert-OH is 1. The molecule has 1 aromatic carbocycles. The zero-order valence-electron chi connectivity index (χ0n) is 8.89. The Balaban J connectivity index is 1.92. The molecule has 0 radical (unpaired) electrons. The van der Waals surface area contributed by atoms with Gasteiger partial charge in [0.05, 0.1) is 10.2 Å². The molecule has 1 saturated heterocycles. The molecule has 1 aliphatic heterocycles.